The monoisotopic (exact) mass is 342 g/mol. The zero-order valence-corrected chi connectivity index (χ0v) is 14.0. The highest BCUT2D eigenvalue weighted by molar-refractivity contribution is 5.85. The van der Waals surface area contributed by atoms with Crippen LogP contribution in [0.15, 0.2) is 24.3 Å². The first-order chi connectivity index (χ1) is 10.7. The number of ether oxygens (including phenoxy) is 1. The fraction of sp³-hybridized carbons (Fsp3) is 0.588. The molecule has 1 heterocycles. The molecule has 4 nitrogen and oxygen atoms in total. The summed E-state index contributed by atoms with van der Waals surface area (Å²) in [4.78, 5) is 13.9. The summed E-state index contributed by atoms with van der Waals surface area (Å²) in [7, 11) is 0. The Bertz CT molecular complexity index is 517. The van der Waals surface area contributed by atoms with Crippen molar-refractivity contribution in [2.45, 2.75) is 31.7 Å². The Balaban J connectivity index is 0.00000192. The topological polar surface area (TPSA) is 41.6 Å². The molecule has 0 atom stereocenters. The maximum Gasteiger partial charge on any atom is 0.260 e. The molecule has 0 unspecified atom stereocenters. The zero-order valence-electron chi connectivity index (χ0n) is 13.2. The molecule has 0 aromatic heterocycles. The number of nitrogens with zero attached hydrogens (tertiary/aromatic N) is 1. The number of hydrogen-bond donors (Lipinski definition) is 1. The zero-order chi connectivity index (χ0) is 15.4. The van der Waals surface area contributed by atoms with Crippen LogP contribution in [0.4, 0.5) is 4.39 Å². The third-order valence-electron chi connectivity index (χ3n) is 4.43. The van der Waals surface area contributed by atoms with Crippen LogP contribution in [0.5, 0.6) is 5.75 Å². The van der Waals surface area contributed by atoms with Crippen molar-refractivity contribution >= 4 is 18.3 Å². The number of nitrogens with one attached hydrogen (secondary N) is 1. The van der Waals surface area contributed by atoms with Crippen LogP contribution in [0.2, 0.25) is 0 Å². The van der Waals surface area contributed by atoms with Gasteiger partial charge < -0.3 is 15.0 Å². The van der Waals surface area contributed by atoms with Gasteiger partial charge in [-0.05, 0) is 50.3 Å². The third kappa shape index (κ3) is 5.36. The minimum atomic E-state index is -0.432. The van der Waals surface area contributed by atoms with Gasteiger partial charge in [0, 0.05) is 19.1 Å². The van der Waals surface area contributed by atoms with Crippen molar-refractivity contribution in [3.05, 3.63) is 30.1 Å². The summed E-state index contributed by atoms with van der Waals surface area (Å²) in [6.45, 7) is 2.53. The summed E-state index contributed by atoms with van der Waals surface area (Å²) in [6.07, 6.45) is 4.69. The molecule has 1 aliphatic heterocycles. The molecule has 1 saturated carbocycles. The minimum Gasteiger partial charge on any atom is -0.481 e. The summed E-state index contributed by atoms with van der Waals surface area (Å²) in [5, 5.41) is 3.59. The first-order valence-electron chi connectivity index (χ1n) is 8.11. The van der Waals surface area contributed by atoms with E-state index in [-0.39, 0.29) is 30.7 Å². The normalized spacial score (nSPS) is 18.4. The predicted molar refractivity (Wildman–Crippen MR) is 89.5 cm³/mol. The molecule has 0 spiro atoms. The summed E-state index contributed by atoms with van der Waals surface area (Å²) in [6, 6.07) is 6.69. The highest BCUT2D eigenvalue weighted by Crippen LogP contribution is 2.28. The molecule has 128 valence electrons. The lowest BCUT2D eigenvalue weighted by molar-refractivity contribution is -0.134. The number of carbonyl (C=O) groups excluding carboxylic acids is 1. The Hall–Kier alpha value is -1.33. The van der Waals surface area contributed by atoms with Crippen LogP contribution in [-0.4, -0.2) is 43.1 Å². The number of carbonyl (C=O) groups is 1. The van der Waals surface area contributed by atoms with Gasteiger partial charge in [0.15, 0.2) is 18.2 Å². The number of para-hydroxylation sites is 1. The van der Waals surface area contributed by atoms with Crippen LogP contribution in [-0.2, 0) is 4.79 Å². The van der Waals surface area contributed by atoms with Gasteiger partial charge in [0.1, 0.15) is 0 Å². The van der Waals surface area contributed by atoms with E-state index in [1.54, 1.807) is 12.1 Å². The van der Waals surface area contributed by atoms with Gasteiger partial charge in [-0.3, -0.25) is 4.79 Å². The van der Waals surface area contributed by atoms with Crippen LogP contribution in [0.3, 0.4) is 0 Å². The Morgan fingerprint density at radius 1 is 1.22 bits per heavy atom. The molecule has 2 fully saturated rings. The summed E-state index contributed by atoms with van der Waals surface area (Å²) in [5.74, 6) is 0.521. The predicted octanol–water partition coefficient (Wildman–Crippen LogP) is 2.62. The molecule has 1 N–H and O–H groups in total. The van der Waals surface area contributed by atoms with Gasteiger partial charge in [0.25, 0.3) is 5.91 Å². The molecule has 1 aromatic carbocycles. The highest BCUT2D eigenvalue weighted by Gasteiger charge is 2.26. The molecule has 1 amide bonds. The maximum atomic E-state index is 13.4. The van der Waals surface area contributed by atoms with E-state index in [1.165, 1.54) is 25.0 Å². The lowest BCUT2D eigenvalue weighted by Gasteiger charge is -2.32. The van der Waals surface area contributed by atoms with E-state index in [0.717, 1.165) is 38.4 Å². The average Bonchev–Trinajstić information content (AvgIpc) is 3.37. The lowest BCUT2D eigenvalue weighted by atomic mass is 10.0. The quantitative estimate of drug-likeness (QED) is 0.864. The van der Waals surface area contributed by atoms with E-state index in [4.69, 9.17) is 4.74 Å². The number of benzene rings is 1. The van der Waals surface area contributed by atoms with E-state index < -0.39 is 5.82 Å². The Kier molecular flexibility index (Phi) is 6.66. The second-order valence-corrected chi connectivity index (χ2v) is 6.23. The molecule has 0 bridgehead atoms. The van der Waals surface area contributed by atoms with Crippen LogP contribution >= 0.6 is 12.4 Å². The van der Waals surface area contributed by atoms with E-state index in [2.05, 4.69) is 5.32 Å². The van der Waals surface area contributed by atoms with Gasteiger partial charge in [-0.1, -0.05) is 12.1 Å². The Morgan fingerprint density at radius 3 is 2.57 bits per heavy atom. The summed E-state index contributed by atoms with van der Waals surface area (Å²) in [5.41, 5.74) is 0. The standard InChI is InChI=1S/C17H23FN2O2.ClH/c18-15-3-1-2-4-16(15)22-12-17(21)20-9-7-14(8-10-20)19-11-13-5-6-13;/h1-4,13-14,19H,5-12H2;1H. The number of rotatable bonds is 6. The van der Waals surface area contributed by atoms with Gasteiger partial charge in [-0.15, -0.1) is 12.4 Å². The minimum absolute atomic E-state index is 0. The maximum absolute atomic E-state index is 13.4. The van der Waals surface area contributed by atoms with Gasteiger partial charge in [-0.25, -0.2) is 4.39 Å². The van der Waals surface area contributed by atoms with E-state index in [0.29, 0.717) is 6.04 Å². The van der Waals surface area contributed by atoms with Crippen molar-refractivity contribution in [3.8, 4) is 5.75 Å². The fourth-order valence-electron chi connectivity index (χ4n) is 2.78. The van der Waals surface area contributed by atoms with Gasteiger partial charge in [0.05, 0.1) is 0 Å². The van der Waals surface area contributed by atoms with Crippen molar-refractivity contribution in [3.63, 3.8) is 0 Å². The number of piperidine rings is 1. The van der Waals surface area contributed by atoms with Crippen LogP contribution < -0.4 is 10.1 Å². The van der Waals surface area contributed by atoms with Crippen LogP contribution in [0.1, 0.15) is 25.7 Å². The van der Waals surface area contributed by atoms with Crippen molar-refractivity contribution in [2.24, 2.45) is 5.92 Å². The lowest BCUT2D eigenvalue weighted by Crippen LogP contribution is -2.46. The van der Waals surface area contributed by atoms with Crippen LogP contribution in [0, 0.1) is 11.7 Å². The summed E-state index contributed by atoms with van der Waals surface area (Å²) >= 11 is 0. The fourth-order valence-corrected chi connectivity index (χ4v) is 2.78. The SMILES string of the molecule is Cl.O=C(COc1ccccc1F)N1CCC(NCC2CC2)CC1. The highest BCUT2D eigenvalue weighted by atomic mass is 35.5. The molecule has 1 aliphatic carbocycles. The van der Waals surface area contributed by atoms with Gasteiger partial charge in [-0.2, -0.15) is 0 Å². The molecule has 0 radical (unpaired) electrons. The first-order valence-corrected chi connectivity index (χ1v) is 8.11. The second-order valence-electron chi connectivity index (χ2n) is 6.23. The van der Waals surface area contributed by atoms with Gasteiger partial charge in [0.2, 0.25) is 0 Å². The van der Waals surface area contributed by atoms with E-state index in [1.807, 2.05) is 4.90 Å². The van der Waals surface area contributed by atoms with Crippen molar-refractivity contribution in [1.29, 1.82) is 0 Å². The number of halogens is 2. The summed E-state index contributed by atoms with van der Waals surface area (Å²) < 4.78 is 18.7. The number of likely N-dealkylation sites (tertiary alicyclic amines) is 1. The Labute approximate surface area is 142 Å². The van der Waals surface area contributed by atoms with Crippen molar-refractivity contribution < 1.29 is 13.9 Å². The number of amides is 1. The molecule has 1 aromatic rings. The molecule has 3 rings (SSSR count). The molecular weight excluding hydrogens is 319 g/mol. The Morgan fingerprint density at radius 2 is 1.91 bits per heavy atom. The van der Waals surface area contributed by atoms with Crippen molar-refractivity contribution in [1.82, 2.24) is 10.2 Å². The molecular formula is C17H24ClFN2O2. The molecule has 23 heavy (non-hydrogen) atoms. The number of hydrogen-bond acceptors (Lipinski definition) is 3. The largest absolute Gasteiger partial charge is 0.481 e. The van der Waals surface area contributed by atoms with Gasteiger partial charge >= 0.3 is 0 Å². The third-order valence-corrected chi connectivity index (χ3v) is 4.43. The second kappa shape index (κ2) is 8.50. The van der Waals surface area contributed by atoms with E-state index >= 15 is 0 Å². The first kappa shape index (κ1) is 18.0. The molecule has 2 aliphatic rings. The molecule has 6 heteroatoms. The average molecular weight is 343 g/mol. The van der Waals surface area contributed by atoms with Crippen molar-refractivity contribution in [2.75, 3.05) is 26.2 Å². The van der Waals surface area contributed by atoms with E-state index in [9.17, 15) is 9.18 Å². The molecule has 1 saturated heterocycles. The smallest absolute Gasteiger partial charge is 0.260 e. The van der Waals surface area contributed by atoms with Crippen LogP contribution in [0.25, 0.3) is 0 Å².